The first kappa shape index (κ1) is 11.4. The van der Waals surface area contributed by atoms with Crippen molar-refractivity contribution in [2.24, 2.45) is 0 Å². The summed E-state index contributed by atoms with van der Waals surface area (Å²) >= 11 is 0. The molecule has 0 spiro atoms. The third-order valence-corrected chi connectivity index (χ3v) is 3.67. The van der Waals surface area contributed by atoms with Gasteiger partial charge in [-0.2, -0.15) is 4.98 Å². The van der Waals surface area contributed by atoms with Gasteiger partial charge in [0.25, 0.3) is 0 Å². The minimum absolute atomic E-state index is 0.121. The van der Waals surface area contributed by atoms with Crippen molar-refractivity contribution in [1.29, 1.82) is 0 Å². The van der Waals surface area contributed by atoms with Crippen molar-refractivity contribution < 1.29 is 4.52 Å². The molecule has 2 N–H and O–H groups in total. The van der Waals surface area contributed by atoms with Gasteiger partial charge in [0.2, 0.25) is 11.7 Å². The molecule has 3 heterocycles. The Kier molecular flexibility index (Phi) is 2.63. The summed E-state index contributed by atoms with van der Waals surface area (Å²) in [5.41, 5.74) is 3.44. The number of nitrogens with one attached hydrogen (secondary N) is 2. The van der Waals surface area contributed by atoms with Gasteiger partial charge in [0.15, 0.2) is 0 Å². The van der Waals surface area contributed by atoms with Crippen LogP contribution >= 0.6 is 0 Å². The van der Waals surface area contributed by atoms with Crippen LogP contribution in [0.3, 0.4) is 0 Å². The van der Waals surface area contributed by atoms with Crippen LogP contribution in [0, 0.1) is 0 Å². The van der Waals surface area contributed by atoms with Crippen LogP contribution in [0.25, 0.3) is 11.5 Å². The summed E-state index contributed by atoms with van der Waals surface area (Å²) in [6.45, 7) is 1.72. The Morgan fingerprint density at radius 3 is 3.00 bits per heavy atom. The van der Waals surface area contributed by atoms with E-state index in [1.165, 1.54) is 11.1 Å². The Morgan fingerprint density at radius 2 is 2.10 bits per heavy atom. The highest BCUT2D eigenvalue weighted by atomic mass is 16.5. The second kappa shape index (κ2) is 4.61. The van der Waals surface area contributed by atoms with Crippen LogP contribution in [0.15, 0.2) is 47.1 Å². The van der Waals surface area contributed by atoms with E-state index in [2.05, 4.69) is 44.7 Å². The van der Waals surface area contributed by atoms with Crippen molar-refractivity contribution in [3.8, 4) is 11.5 Å². The van der Waals surface area contributed by atoms with Gasteiger partial charge in [-0.15, -0.1) is 0 Å². The lowest BCUT2D eigenvalue weighted by atomic mass is 9.91. The van der Waals surface area contributed by atoms with Crippen molar-refractivity contribution >= 4 is 0 Å². The smallest absolute Gasteiger partial charge is 0.235 e. The zero-order valence-electron chi connectivity index (χ0n) is 10.8. The molecule has 1 atom stereocenters. The minimum atomic E-state index is 0.121. The lowest BCUT2D eigenvalue weighted by molar-refractivity contribution is 0.356. The summed E-state index contributed by atoms with van der Waals surface area (Å²) in [4.78, 5) is 7.61. The molecule has 100 valence electrons. The SMILES string of the molecule is c1c[nH]c(-c2noc(C3CNCc4ccccc43)n2)c1. The summed E-state index contributed by atoms with van der Waals surface area (Å²) in [5, 5.41) is 7.46. The first-order valence-electron chi connectivity index (χ1n) is 6.68. The molecule has 0 aliphatic carbocycles. The van der Waals surface area contributed by atoms with E-state index in [9.17, 15) is 0 Å². The van der Waals surface area contributed by atoms with Gasteiger partial charge in [-0.3, -0.25) is 0 Å². The van der Waals surface area contributed by atoms with E-state index >= 15 is 0 Å². The molecule has 0 radical (unpaired) electrons. The van der Waals surface area contributed by atoms with Crippen LogP contribution in [0.4, 0.5) is 0 Å². The van der Waals surface area contributed by atoms with Crippen molar-refractivity contribution in [2.75, 3.05) is 6.54 Å². The zero-order chi connectivity index (χ0) is 13.4. The van der Waals surface area contributed by atoms with E-state index in [4.69, 9.17) is 4.52 Å². The molecule has 4 rings (SSSR count). The molecule has 1 unspecified atom stereocenters. The van der Waals surface area contributed by atoms with Gasteiger partial charge in [0, 0.05) is 19.3 Å². The molecule has 20 heavy (non-hydrogen) atoms. The minimum Gasteiger partial charge on any atom is -0.359 e. The molecule has 0 bridgehead atoms. The van der Waals surface area contributed by atoms with E-state index in [1.807, 2.05) is 18.3 Å². The van der Waals surface area contributed by atoms with Crippen molar-refractivity contribution in [3.05, 3.63) is 59.6 Å². The highest BCUT2D eigenvalue weighted by Crippen LogP contribution is 2.29. The quantitative estimate of drug-likeness (QED) is 0.747. The summed E-state index contributed by atoms with van der Waals surface area (Å²) in [7, 11) is 0. The molecular formula is C15H14N4O. The van der Waals surface area contributed by atoms with Crippen LogP contribution in [0.5, 0.6) is 0 Å². The highest BCUT2D eigenvalue weighted by Gasteiger charge is 2.26. The second-order valence-electron chi connectivity index (χ2n) is 4.92. The van der Waals surface area contributed by atoms with E-state index < -0.39 is 0 Å². The Hall–Kier alpha value is -2.40. The molecule has 0 saturated heterocycles. The standard InChI is InChI=1S/C15H14N4O/c1-2-5-11-10(4-1)8-16-9-12(11)15-18-14(19-20-15)13-6-3-7-17-13/h1-7,12,16-17H,8-9H2. The molecule has 1 aliphatic rings. The summed E-state index contributed by atoms with van der Waals surface area (Å²) in [6, 6.07) is 12.2. The number of aromatic nitrogens is 3. The van der Waals surface area contributed by atoms with Crippen LogP contribution in [-0.2, 0) is 6.54 Å². The van der Waals surface area contributed by atoms with Crippen molar-refractivity contribution in [2.45, 2.75) is 12.5 Å². The average Bonchev–Trinajstić information content (AvgIpc) is 3.17. The van der Waals surface area contributed by atoms with E-state index in [0.717, 1.165) is 18.8 Å². The van der Waals surface area contributed by atoms with E-state index in [1.54, 1.807) is 0 Å². The number of hydrogen-bond acceptors (Lipinski definition) is 4. The lowest BCUT2D eigenvalue weighted by Crippen LogP contribution is -2.28. The predicted molar refractivity (Wildman–Crippen MR) is 74.1 cm³/mol. The average molecular weight is 266 g/mol. The number of aromatic amines is 1. The first-order valence-corrected chi connectivity index (χ1v) is 6.68. The Labute approximate surface area is 116 Å². The Bertz CT molecular complexity index is 717. The van der Waals surface area contributed by atoms with Crippen LogP contribution in [-0.4, -0.2) is 21.7 Å². The molecule has 2 aromatic heterocycles. The molecule has 0 fully saturated rings. The predicted octanol–water partition coefficient (Wildman–Crippen LogP) is 2.30. The molecule has 5 heteroatoms. The van der Waals surface area contributed by atoms with Gasteiger partial charge in [0.05, 0.1) is 11.6 Å². The zero-order valence-corrected chi connectivity index (χ0v) is 10.8. The maximum absolute atomic E-state index is 5.46. The number of nitrogens with zero attached hydrogens (tertiary/aromatic N) is 2. The van der Waals surface area contributed by atoms with Crippen molar-refractivity contribution in [3.63, 3.8) is 0 Å². The molecule has 1 aliphatic heterocycles. The van der Waals surface area contributed by atoms with Gasteiger partial charge in [-0.05, 0) is 23.3 Å². The number of hydrogen-bond donors (Lipinski definition) is 2. The summed E-state index contributed by atoms with van der Waals surface area (Å²) in [6.07, 6.45) is 1.85. The maximum atomic E-state index is 5.46. The third-order valence-electron chi connectivity index (χ3n) is 3.67. The third kappa shape index (κ3) is 1.83. The summed E-state index contributed by atoms with van der Waals surface area (Å²) in [5.74, 6) is 1.39. The fourth-order valence-electron chi connectivity index (χ4n) is 2.67. The van der Waals surface area contributed by atoms with Gasteiger partial charge in [-0.1, -0.05) is 29.4 Å². The number of rotatable bonds is 2. The van der Waals surface area contributed by atoms with Crippen LogP contribution in [0.1, 0.15) is 22.9 Å². The van der Waals surface area contributed by atoms with E-state index in [0.29, 0.717) is 11.7 Å². The number of fused-ring (bicyclic) bond motifs is 1. The normalized spacial score (nSPS) is 17.9. The topological polar surface area (TPSA) is 66.7 Å². The van der Waals surface area contributed by atoms with Gasteiger partial charge < -0.3 is 14.8 Å². The number of H-pyrrole nitrogens is 1. The fourth-order valence-corrected chi connectivity index (χ4v) is 2.67. The summed E-state index contributed by atoms with van der Waals surface area (Å²) < 4.78 is 5.46. The number of benzene rings is 1. The second-order valence-corrected chi connectivity index (χ2v) is 4.92. The monoisotopic (exact) mass is 266 g/mol. The van der Waals surface area contributed by atoms with Crippen LogP contribution < -0.4 is 5.32 Å². The van der Waals surface area contributed by atoms with Gasteiger partial charge in [0.1, 0.15) is 0 Å². The molecule has 1 aromatic carbocycles. The Morgan fingerprint density at radius 1 is 1.15 bits per heavy atom. The largest absolute Gasteiger partial charge is 0.359 e. The maximum Gasteiger partial charge on any atom is 0.235 e. The molecule has 3 aromatic rings. The molecule has 0 saturated carbocycles. The van der Waals surface area contributed by atoms with Crippen molar-refractivity contribution in [1.82, 2.24) is 20.4 Å². The van der Waals surface area contributed by atoms with Crippen LogP contribution in [0.2, 0.25) is 0 Å². The highest BCUT2D eigenvalue weighted by molar-refractivity contribution is 5.48. The van der Waals surface area contributed by atoms with E-state index in [-0.39, 0.29) is 5.92 Å². The fraction of sp³-hybridized carbons (Fsp3) is 0.200. The van der Waals surface area contributed by atoms with Gasteiger partial charge in [-0.25, -0.2) is 0 Å². The molecule has 5 nitrogen and oxygen atoms in total. The van der Waals surface area contributed by atoms with Gasteiger partial charge >= 0.3 is 0 Å². The first-order chi connectivity index (χ1) is 9.92. The molecular weight excluding hydrogens is 252 g/mol. The molecule has 0 amide bonds. The lowest BCUT2D eigenvalue weighted by Gasteiger charge is -2.23. The Balaban J connectivity index is 1.72.